The van der Waals surface area contributed by atoms with Crippen molar-refractivity contribution in [2.45, 2.75) is 16.5 Å². The number of carbonyl (C=O) groups is 1. The van der Waals surface area contributed by atoms with Gasteiger partial charge in [-0.1, -0.05) is 17.8 Å². The van der Waals surface area contributed by atoms with Gasteiger partial charge >= 0.3 is 0 Å². The molecule has 0 spiro atoms. The third kappa shape index (κ3) is 4.67. The van der Waals surface area contributed by atoms with E-state index >= 15 is 0 Å². The number of hydrogen-bond acceptors (Lipinski definition) is 4. The molecule has 0 saturated carbocycles. The maximum absolute atomic E-state index is 12.2. The zero-order chi connectivity index (χ0) is 16.1. The molecule has 116 valence electrons. The number of rotatable bonds is 5. The van der Waals surface area contributed by atoms with Gasteiger partial charge in [0.05, 0.1) is 6.54 Å². The van der Waals surface area contributed by atoms with Gasteiger partial charge in [-0.3, -0.25) is 4.79 Å². The number of benzene rings is 1. The number of halogens is 1. The summed E-state index contributed by atoms with van der Waals surface area (Å²) in [5.74, 6) is -0.0658. The zero-order valence-electron chi connectivity index (χ0n) is 12.0. The fourth-order valence-corrected chi connectivity index (χ4v) is 4.08. The summed E-state index contributed by atoms with van der Waals surface area (Å²) < 4.78 is 1.04. The van der Waals surface area contributed by atoms with Crippen LogP contribution in [0.2, 0.25) is 0 Å². The minimum Gasteiger partial charge on any atom is -0.347 e. The van der Waals surface area contributed by atoms with Gasteiger partial charge in [0.1, 0.15) is 5.03 Å². The highest BCUT2D eigenvalue weighted by Crippen LogP contribution is 2.25. The van der Waals surface area contributed by atoms with Crippen LogP contribution in [0.3, 0.4) is 0 Å². The molecule has 1 N–H and O–H groups in total. The van der Waals surface area contributed by atoms with Gasteiger partial charge in [-0.2, -0.15) is 0 Å². The summed E-state index contributed by atoms with van der Waals surface area (Å²) in [4.78, 5) is 18.6. The van der Waals surface area contributed by atoms with Crippen molar-refractivity contribution in [3.05, 3.63) is 75.0 Å². The Morgan fingerprint density at radius 2 is 2.04 bits per heavy atom. The van der Waals surface area contributed by atoms with Crippen LogP contribution in [0.4, 0.5) is 0 Å². The Bertz CT molecular complexity index is 788. The largest absolute Gasteiger partial charge is 0.347 e. The molecule has 0 atom stereocenters. The van der Waals surface area contributed by atoms with E-state index in [0.29, 0.717) is 12.1 Å². The number of amides is 1. The first-order valence-corrected chi connectivity index (χ1v) is 9.40. The van der Waals surface area contributed by atoms with Crippen molar-refractivity contribution >= 4 is 44.9 Å². The van der Waals surface area contributed by atoms with E-state index in [1.807, 2.05) is 53.9 Å². The second kappa shape index (κ2) is 7.77. The highest BCUT2D eigenvalue weighted by Gasteiger charge is 2.07. The van der Waals surface area contributed by atoms with E-state index in [2.05, 4.69) is 26.2 Å². The van der Waals surface area contributed by atoms with Gasteiger partial charge in [-0.25, -0.2) is 4.98 Å². The second-order valence-corrected chi connectivity index (χ2v) is 7.71. The Hall–Kier alpha value is -1.63. The normalized spacial score (nSPS) is 10.5. The molecule has 2 aromatic heterocycles. The molecule has 1 amide bonds. The van der Waals surface area contributed by atoms with Crippen LogP contribution in [0, 0.1) is 0 Å². The number of thiophene rings is 1. The fraction of sp³-hybridized carbons (Fsp3) is 0.0588. The highest BCUT2D eigenvalue weighted by molar-refractivity contribution is 9.10. The Morgan fingerprint density at radius 3 is 2.70 bits per heavy atom. The lowest BCUT2D eigenvalue weighted by Gasteiger charge is -2.05. The van der Waals surface area contributed by atoms with Crippen molar-refractivity contribution in [2.24, 2.45) is 0 Å². The number of nitrogens with zero attached hydrogens (tertiary/aromatic N) is 1. The third-order valence-corrected chi connectivity index (χ3v) is 5.68. The minimum absolute atomic E-state index is 0.0658. The molecule has 0 fully saturated rings. The number of aromatic nitrogens is 1. The molecule has 0 unspecified atom stereocenters. The average Bonchev–Trinajstić information content (AvgIpc) is 3.00. The van der Waals surface area contributed by atoms with Crippen LogP contribution < -0.4 is 5.32 Å². The molecule has 0 aliphatic heterocycles. The SMILES string of the molecule is O=C(NCc1cc(Br)cs1)c1ccc(Sc2ccccn2)cc1. The van der Waals surface area contributed by atoms with Gasteiger partial charge in [-0.15, -0.1) is 11.3 Å². The number of carbonyl (C=O) groups excluding carboxylic acids is 1. The number of hydrogen-bond donors (Lipinski definition) is 1. The van der Waals surface area contributed by atoms with Crippen LogP contribution in [0.25, 0.3) is 0 Å². The molecule has 6 heteroatoms. The van der Waals surface area contributed by atoms with Gasteiger partial charge in [0.15, 0.2) is 0 Å². The molecule has 0 aliphatic rings. The van der Waals surface area contributed by atoms with E-state index in [9.17, 15) is 4.79 Å². The summed E-state index contributed by atoms with van der Waals surface area (Å²) in [5.41, 5.74) is 0.658. The van der Waals surface area contributed by atoms with Gasteiger partial charge in [0, 0.05) is 31.4 Å². The number of pyridine rings is 1. The second-order valence-electron chi connectivity index (χ2n) is 4.71. The Morgan fingerprint density at radius 1 is 1.22 bits per heavy atom. The van der Waals surface area contributed by atoms with E-state index in [4.69, 9.17) is 0 Å². The van der Waals surface area contributed by atoms with E-state index in [0.717, 1.165) is 19.3 Å². The Labute approximate surface area is 151 Å². The molecule has 1 aromatic carbocycles. The van der Waals surface area contributed by atoms with Crippen molar-refractivity contribution in [3.8, 4) is 0 Å². The van der Waals surface area contributed by atoms with Crippen LogP contribution in [-0.4, -0.2) is 10.9 Å². The third-order valence-electron chi connectivity index (χ3n) is 3.02. The van der Waals surface area contributed by atoms with Crippen LogP contribution in [0.1, 0.15) is 15.2 Å². The first kappa shape index (κ1) is 16.2. The smallest absolute Gasteiger partial charge is 0.251 e. The van der Waals surface area contributed by atoms with Gasteiger partial charge < -0.3 is 5.32 Å². The zero-order valence-corrected chi connectivity index (χ0v) is 15.2. The Balaban J connectivity index is 1.59. The first-order valence-electron chi connectivity index (χ1n) is 6.91. The van der Waals surface area contributed by atoms with Crippen molar-refractivity contribution in [1.29, 1.82) is 0 Å². The first-order chi connectivity index (χ1) is 11.2. The van der Waals surface area contributed by atoms with Gasteiger partial charge in [0.2, 0.25) is 0 Å². The van der Waals surface area contributed by atoms with Crippen molar-refractivity contribution in [1.82, 2.24) is 10.3 Å². The number of nitrogens with one attached hydrogen (secondary N) is 1. The topological polar surface area (TPSA) is 42.0 Å². The summed E-state index contributed by atoms with van der Waals surface area (Å²) in [6.45, 7) is 0.541. The summed E-state index contributed by atoms with van der Waals surface area (Å²) in [6, 6.07) is 15.4. The standard InChI is InChI=1S/C17H13BrN2OS2/c18-13-9-15(22-11-13)10-20-17(21)12-4-6-14(7-5-12)23-16-3-1-2-8-19-16/h1-9,11H,10H2,(H,20,21). The van der Waals surface area contributed by atoms with Crippen molar-refractivity contribution in [3.63, 3.8) is 0 Å². The van der Waals surface area contributed by atoms with Crippen LogP contribution in [0.5, 0.6) is 0 Å². The molecular weight excluding hydrogens is 392 g/mol. The summed E-state index contributed by atoms with van der Waals surface area (Å²) in [6.07, 6.45) is 1.77. The lowest BCUT2D eigenvalue weighted by molar-refractivity contribution is 0.0951. The van der Waals surface area contributed by atoms with E-state index in [-0.39, 0.29) is 5.91 Å². The average molecular weight is 405 g/mol. The van der Waals surface area contributed by atoms with E-state index < -0.39 is 0 Å². The van der Waals surface area contributed by atoms with Crippen molar-refractivity contribution in [2.75, 3.05) is 0 Å². The summed E-state index contributed by atoms with van der Waals surface area (Å²) in [7, 11) is 0. The summed E-state index contributed by atoms with van der Waals surface area (Å²) >= 11 is 6.60. The van der Waals surface area contributed by atoms with Crippen LogP contribution in [0.15, 0.2) is 74.5 Å². The monoisotopic (exact) mass is 404 g/mol. The van der Waals surface area contributed by atoms with Crippen molar-refractivity contribution < 1.29 is 4.79 Å². The summed E-state index contributed by atoms with van der Waals surface area (Å²) in [5, 5.41) is 5.87. The lowest BCUT2D eigenvalue weighted by Crippen LogP contribution is -2.22. The predicted molar refractivity (Wildman–Crippen MR) is 98.0 cm³/mol. The molecule has 3 rings (SSSR count). The van der Waals surface area contributed by atoms with Gasteiger partial charge in [-0.05, 0) is 58.4 Å². The molecule has 3 nitrogen and oxygen atoms in total. The minimum atomic E-state index is -0.0658. The molecule has 0 bridgehead atoms. The lowest BCUT2D eigenvalue weighted by atomic mass is 10.2. The van der Waals surface area contributed by atoms with E-state index in [1.54, 1.807) is 29.3 Å². The Kier molecular flexibility index (Phi) is 5.48. The molecule has 0 saturated heterocycles. The molecule has 23 heavy (non-hydrogen) atoms. The highest BCUT2D eigenvalue weighted by atomic mass is 79.9. The van der Waals surface area contributed by atoms with Gasteiger partial charge in [0.25, 0.3) is 5.91 Å². The maximum Gasteiger partial charge on any atom is 0.251 e. The fourth-order valence-electron chi connectivity index (χ4n) is 1.92. The maximum atomic E-state index is 12.2. The molecule has 0 radical (unpaired) electrons. The molecule has 2 heterocycles. The molecule has 0 aliphatic carbocycles. The van der Waals surface area contributed by atoms with Crippen LogP contribution in [-0.2, 0) is 6.54 Å². The van der Waals surface area contributed by atoms with Crippen LogP contribution >= 0.6 is 39.0 Å². The molecular formula is C17H13BrN2OS2. The van der Waals surface area contributed by atoms with E-state index in [1.165, 1.54) is 0 Å². The quantitative estimate of drug-likeness (QED) is 0.651. The molecule has 3 aromatic rings. The predicted octanol–water partition coefficient (Wildman–Crippen LogP) is 4.99.